The van der Waals surface area contributed by atoms with Crippen molar-refractivity contribution in [3.05, 3.63) is 29.1 Å². The lowest BCUT2D eigenvalue weighted by molar-refractivity contribution is -0.0249. The fourth-order valence-electron chi connectivity index (χ4n) is 5.20. The first-order valence-corrected chi connectivity index (χ1v) is 10.3. The Morgan fingerprint density at radius 1 is 1.07 bits per heavy atom. The monoisotopic (exact) mass is 372 g/mol. The molecule has 1 N–H and O–H groups in total. The van der Waals surface area contributed by atoms with E-state index in [0.29, 0.717) is 11.8 Å². The lowest BCUT2D eigenvalue weighted by atomic mass is 9.77. The van der Waals surface area contributed by atoms with Crippen molar-refractivity contribution in [3.8, 4) is 0 Å². The summed E-state index contributed by atoms with van der Waals surface area (Å²) in [4.78, 5) is 24.3. The average Bonchev–Trinajstić information content (AvgIpc) is 3.04. The molecule has 6 heteroatoms. The Bertz CT molecular complexity index is 701. The molecular weight excluding hydrogens is 340 g/mol. The third-order valence-electron chi connectivity index (χ3n) is 6.86. The SMILES string of the molecule is Cc1ccc(C(=O)N2C[C@H]3C[C@@H](N4CCN(C)CC4)[C@H](O)C[C@H]3C2)c(C)n1. The predicted molar refractivity (Wildman–Crippen MR) is 105 cm³/mol. The van der Waals surface area contributed by atoms with Gasteiger partial charge in [0.25, 0.3) is 5.91 Å². The summed E-state index contributed by atoms with van der Waals surface area (Å²) in [6, 6.07) is 4.07. The number of aryl methyl sites for hydroxylation is 2. The van der Waals surface area contributed by atoms with Crippen LogP contribution < -0.4 is 0 Å². The van der Waals surface area contributed by atoms with Gasteiger partial charge in [-0.05, 0) is 57.7 Å². The number of aliphatic hydroxyl groups is 1. The van der Waals surface area contributed by atoms with Gasteiger partial charge in [-0.3, -0.25) is 14.7 Å². The molecular formula is C21H32N4O2. The second-order valence-electron chi connectivity index (χ2n) is 8.76. The summed E-state index contributed by atoms with van der Waals surface area (Å²) >= 11 is 0. The maximum absolute atomic E-state index is 13.0. The topological polar surface area (TPSA) is 59.9 Å². The average molecular weight is 373 g/mol. The van der Waals surface area contributed by atoms with Crippen LogP contribution in [0.4, 0.5) is 0 Å². The molecule has 27 heavy (non-hydrogen) atoms. The van der Waals surface area contributed by atoms with Crippen LogP contribution in [0.2, 0.25) is 0 Å². The van der Waals surface area contributed by atoms with E-state index in [1.54, 1.807) is 0 Å². The van der Waals surface area contributed by atoms with Crippen molar-refractivity contribution in [2.45, 2.75) is 38.8 Å². The molecule has 1 aliphatic carbocycles. The molecule has 0 aromatic carbocycles. The molecule has 1 aromatic rings. The minimum absolute atomic E-state index is 0.0973. The van der Waals surface area contributed by atoms with Gasteiger partial charge in [0.1, 0.15) is 0 Å². The summed E-state index contributed by atoms with van der Waals surface area (Å²) in [6.07, 6.45) is 1.55. The van der Waals surface area contributed by atoms with E-state index >= 15 is 0 Å². The molecule has 1 amide bonds. The molecule has 0 radical (unpaired) electrons. The highest BCUT2D eigenvalue weighted by molar-refractivity contribution is 5.95. The number of fused-ring (bicyclic) bond motifs is 1. The summed E-state index contributed by atoms with van der Waals surface area (Å²) in [7, 11) is 2.16. The number of nitrogens with zero attached hydrogens (tertiary/aromatic N) is 4. The first-order chi connectivity index (χ1) is 12.9. The lowest BCUT2D eigenvalue weighted by Crippen LogP contribution is -2.55. The molecule has 4 atom stereocenters. The first-order valence-electron chi connectivity index (χ1n) is 10.3. The molecule has 0 bridgehead atoms. The summed E-state index contributed by atoms with van der Waals surface area (Å²) < 4.78 is 0. The van der Waals surface area contributed by atoms with Crippen LogP contribution in [0.25, 0.3) is 0 Å². The third-order valence-corrected chi connectivity index (χ3v) is 6.86. The van der Waals surface area contributed by atoms with E-state index in [2.05, 4.69) is 21.8 Å². The standard InChI is InChI=1S/C21H32N4O2/c1-14-4-5-18(15(2)22-14)21(27)25-12-16-10-19(20(26)11-17(16)13-25)24-8-6-23(3)7-9-24/h4-5,16-17,19-20,26H,6-13H2,1-3H3/t16-,17+,19-,20-/m1/s1. The molecule has 3 heterocycles. The number of hydrogen-bond acceptors (Lipinski definition) is 5. The van der Waals surface area contributed by atoms with E-state index in [1.165, 1.54) is 0 Å². The molecule has 0 unspecified atom stereocenters. The molecule has 1 saturated carbocycles. The normalized spacial score (nSPS) is 32.5. The zero-order valence-electron chi connectivity index (χ0n) is 16.8. The van der Waals surface area contributed by atoms with Gasteiger partial charge in [-0.2, -0.15) is 0 Å². The van der Waals surface area contributed by atoms with Crippen molar-refractivity contribution in [1.82, 2.24) is 19.7 Å². The molecule has 3 fully saturated rings. The molecule has 2 saturated heterocycles. The number of likely N-dealkylation sites (N-methyl/N-ethyl adjacent to an activating group) is 1. The second-order valence-corrected chi connectivity index (χ2v) is 8.76. The van der Waals surface area contributed by atoms with E-state index < -0.39 is 0 Å². The summed E-state index contributed by atoms with van der Waals surface area (Å²) in [5.41, 5.74) is 2.47. The van der Waals surface area contributed by atoms with Crippen LogP contribution in [-0.4, -0.2) is 89.2 Å². The van der Waals surface area contributed by atoms with Crippen LogP contribution in [0.15, 0.2) is 12.1 Å². The predicted octanol–water partition coefficient (Wildman–Crippen LogP) is 1.16. The first kappa shape index (κ1) is 18.8. The fraction of sp³-hybridized carbons (Fsp3) is 0.714. The number of carbonyl (C=O) groups excluding carboxylic acids is 1. The fourth-order valence-corrected chi connectivity index (χ4v) is 5.20. The van der Waals surface area contributed by atoms with Gasteiger partial charge in [-0.25, -0.2) is 0 Å². The Balaban J connectivity index is 1.43. The van der Waals surface area contributed by atoms with Gasteiger partial charge in [-0.15, -0.1) is 0 Å². The minimum atomic E-state index is -0.271. The Hall–Kier alpha value is -1.50. The van der Waals surface area contributed by atoms with Crippen LogP contribution >= 0.6 is 0 Å². The Morgan fingerprint density at radius 2 is 1.74 bits per heavy atom. The number of aliphatic hydroxyl groups excluding tert-OH is 1. The zero-order chi connectivity index (χ0) is 19.1. The van der Waals surface area contributed by atoms with E-state index in [0.717, 1.165) is 69.1 Å². The van der Waals surface area contributed by atoms with Gasteiger partial charge in [0.15, 0.2) is 0 Å². The van der Waals surface area contributed by atoms with Gasteiger partial charge in [0, 0.05) is 51.0 Å². The maximum atomic E-state index is 13.0. The van der Waals surface area contributed by atoms with Crippen molar-refractivity contribution in [3.63, 3.8) is 0 Å². The van der Waals surface area contributed by atoms with Gasteiger partial charge in [0.05, 0.1) is 17.4 Å². The molecule has 0 spiro atoms. The number of piperazine rings is 1. The number of hydrogen-bond donors (Lipinski definition) is 1. The highest BCUT2D eigenvalue weighted by atomic mass is 16.3. The van der Waals surface area contributed by atoms with Gasteiger partial charge in [0.2, 0.25) is 0 Å². The Morgan fingerprint density at radius 3 is 2.41 bits per heavy atom. The van der Waals surface area contributed by atoms with Crippen molar-refractivity contribution < 1.29 is 9.90 Å². The largest absolute Gasteiger partial charge is 0.391 e. The number of carbonyl (C=O) groups is 1. The molecule has 3 aliphatic rings. The van der Waals surface area contributed by atoms with Crippen molar-refractivity contribution in [1.29, 1.82) is 0 Å². The molecule has 148 valence electrons. The van der Waals surface area contributed by atoms with Crippen molar-refractivity contribution in [2.24, 2.45) is 11.8 Å². The van der Waals surface area contributed by atoms with E-state index in [9.17, 15) is 9.90 Å². The van der Waals surface area contributed by atoms with E-state index in [-0.39, 0.29) is 18.1 Å². The minimum Gasteiger partial charge on any atom is -0.391 e. The summed E-state index contributed by atoms with van der Waals surface area (Å²) in [5, 5.41) is 10.8. The number of rotatable bonds is 2. The van der Waals surface area contributed by atoms with Gasteiger partial charge < -0.3 is 14.9 Å². The molecule has 6 nitrogen and oxygen atoms in total. The number of amides is 1. The number of likely N-dealkylation sites (tertiary alicyclic amines) is 1. The maximum Gasteiger partial charge on any atom is 0.255 e. The van der Waals surface area contributed by atoms with Crippen molar-refractivity contribution >= 4 is 5.91 Å². The van der Waals surface area contributed by atoms with E-state index in [1.807, 2.05) is 30.9 Å². The number of aromatic nitrogens is 1. The molecule has 1 aromatic heterocycles. The highest BCUT2D eigenvalue weighted by Crippen LogP contribution is 2.39. The lowest BCUT2D eigenvalue weighted by Gasteiger charge is -2.44. The van der Waals surface area contributed by atoms with Crippen LogP contribution in [0.3, 0.4) is 0 Å². The van der Waals surface area contributed by atoms with Crippen LogP contribution in [0, 0.1) is 25.7 Å². The highest BCUT2D eigenvalue weighted by Gasteiger charge is 2.45. The summed E-state index contributed by atoms with van der Waals surface area (Å²) in [5.74, 6) is 1.02. The van der Waals surface area contributed by atoms with Crippen LogP contribution in [-0.2, 0) is 0 Å². The van der Waals surface area contributed by atoms with E-state index in [4.69, 9.17) is 0 Å². The Labute approximate surface area is 162 Å². The smallest absolute Gasteiger partial charge is 0.255 e. The summed E-state index contributed by atoms with van der Waals surface area (Å²) in [6.45, 7) is 9.65. The Kier molecular flexibility index (Phi) is 5.23. The van der Waals surface area contributed by atoms with Gasteiger partial charge in [-0.1, -0.05) is 0 Å². The quantitative estimate of drug-likeness (QED) is 0.844. The molecule has 2 aliphatic heterocycles. The molecule has 4 rings (SSSR count). The number of pyridine rings is 1. The third kappa shape index (κ3) is 3.75. The van der Waals surface area contributed by atoms with Gasteiger partial charge >= 0.3 is 0 Å². The van der Waals surface area contributed by atoms with Crippen LogP contribution in [0.5, 0.6) is 0 Å². The van der Waals surface area contributed by atoms with Crippen molar-refractivity contribution in [2.75, 3.05) is 46.3 Å². The zero-order valence-corrected chi connectivity index (χ0v) is 16.8. The second kappa shape index (κ2) is 7.49. The van der Waals surface area contributed by atoms with Crippen LogP contribution in [0.1, 0.15) is 34.6 Å².